The zero-order chi connectivity index (χ0) is 17.3. The predicted molar refractivity (Wildman–Crippen MR) is 90.6 cm³/mol. The first-order valence-electron chi connectivity index (χ1n) is 8.23. The average Bonchev–Trinajstić information content (AvgIpc) is 2.37. The van der Waals surface area contributed by atoms with Crippen LogP contribution in [0.5, 0.6) is 0 Å². The number of carbonyl (C=O) groups excluding carboxylic acids is 1. The van der Waals surface area contributed by atoms with Crippen LogP contribution in [0, 0.1) is 11.2 Å². The molecular formula is C19H26FNO2. The van der Waals surface area contributed by atoms with Crippen LogP contribution in [0.4, 0.5) is 9.18 Å². The van der Waals surface area contributed by atoms with Gasteiger partial charge in [-0.15, -0.1) is 0 Å². The number of hydrogen-bond acceptors (Lipinski definition) is 2. The van der Waals surface area contributed by atoms with Crippen LogP contribution in [0.1, 0.15) is 46.6 Å². The van der Waals surface area contributed by atoms with E-state index >= 15 is 0 Å². The molecule has 1 spiro atoms. The standard InChI is InChI=1S/C17H20FNO2.C2H6/c1-16(2,3)21-15(20)19-10-17(11-19)8-12(9-17)13-6-4-5-7-14(13)18;1-2/h4-8H,9-11H2,1-3H3;1-2H3. The minimum absolute atomic E-state index is 0.0362. The molecule has 1 amide bonds. The summed E-state index contributed by atoms with van der Waals surface area (Å²) in [5, 5.41) is 0. The maximum atomic E-state index is 13.7. The van der Waals surface area contributed by atoms with Crippen molar-refractivity contribution in [3.05, 3.63) is 41.7 Å². The number of halogens is 1. The summed E-state index contributed by atoms with van der Waals surface area (Å²) in [6, 6.07) is 6.83. The highest BCUT2D eigenvalue weighted by Crippen LogP contribution is 2.50. The molecule has 0 aromatic heterocycles. The molecular weight excluding hydrogens is 293 g/mol. The van der Waals surface area contributed by atoms with Crippen LogP contribution in [0.3, 0.4) is 0 Å². The van der Waals surface area contributed by atoms with Crippen LogP contribution < -0.4 is 0 Å². The number of amides is 1. The number of ether oxygens (including phenoxy) is 1. The molecule has 1 heterocycles. The Labute approximate surface area is 138 Å². The number of hydrogen-bond donors (Lipinski definition) is 0. The van der Waals surface area contributed by atoms with Gasteiger partial charge in [-0.05, 0) is 38.8 Å². The van der Waals surface area contributed by atoms with Gasteiger partial charge in [0.25, 0.3) is 0 Å². The van der Waals surface area contributed by atoms with Gasteiger partial charge in [-0.3, -0.25) is 0 Å². The van der Waals surface area contributed by atoms with Crippen molar-refractivity contribution in [2.45, 2.75) is 46.6 Å². The molecule has 3 nitrogen and oxygen atoms in total. The van der Waals surface area contributed by atoms with Gasteiger partial charge in [-0.25, -0.2) is 9.18 Å². The molecule has 0 radical (unpaired) electrons. The molecule has 126 valence electrons. The van der Waals surface area contributed by atoms with Crippen LogP contribution in [0.15, 0.2) is 30.3 Å². The summed E-state index contributed by atoms with van der Waals surface area (Å²) < 4.78 is 19.0. The number of nitrogens with zero attached hydrogens (tertiary/aromatic N) is 1. The molecule has 3 rings (SSSR count). The maximum absolute atomic E-state index is 13.7. The molecule has 0 bridgehead atoms. The summed E-state index contributed by atoms with van der Waals surface area (Å²) in [6.07, 6.45) is 2.67. The van der Waals surface area contributed by atoms with E-state index < -0.39 is 5.60 Å². The van der Waals surface area contributed by atoms with Crippen molar-refractivity contribution >= 4 is 11.7 Å². The first-order chi connectivity index (χ1) is 10.8. The summed E-state index contributed by atoms with van der Waals surface area (Å²) in [6.45, 7) is 10.9. The second-order valence-corrected chi connectivity index (χ2v) is 7.02. The van der Waals surface area contributed by atoms with Crippen LogP contribution >= 0.6 is 0 Å². The predicted octanol–water partition coefficient (Wildman–Crippen LogP) is 4.88. The third kappa shape index (κ3) is 3.74. The SMILES string of the molecule is CC.CC(C)(C)OC(=O)N1CC2(C=C(c3ccccc3F)C2)C1. The van der Waals surface area contributed by atoms with Gasteiger partial charge in [0.2, 0.25) is 0 Å². The Kier molecular flexibility index (Phi) is 4.83. The van der Waals surface area contributed by atoms with E-state index in [4.69, 9.17) is 4.74 Å². The molecule has 4 heteroatoms. The fraction of sp³-hybridized carbons (Fsp3) is 0.526. The van der Waals surface area contributed by atoms with Crippen molar-refractivity contribution in [1.29, 1.82) is 0 Å². The summed E-state index contributed by atoms with van der Waals surface area (Å²) in [7, 11) is 0. The topological polar surface area (TPSA) is 29.5 Å². The van der Waals surface area contributed by atoms with Gasteiger partial charge in [-0.2, -0.15) is 0 Å². The molecule has 1 aliphatic carbocycles. The number of likely N-dealkylation sites (tertiary alicyclic amines) is 1. The number of allylic oxidation sites excluding steroid dienone is 1. The quantitative estimate of drug-likeness (QED) is 0.738. The zero-order valence-electron chi connectivity index (χ0n) is 14.6. The molecule has 1 aromatic rings. The Balaban J connectivity index is 0.000000924. The Morgan fingerprint density at radius 1 is 1.22 bits per heavy atom. The van der Waals surface area contributed by atoms with E-state index in [1.54, 1.807) is 17.0 Å². The summed E-state index contributed by atoms with van der Waals surface area (Å²) in [5.74, 6) is -0.179. The van der Waals surface area contributed by atoms with E-state index in [0.29, 0.717) is 18.7 Å². The van der Waals surface area contributed by atoms with Crippen LogP contribution in [-0.2, 0) is 4.74 Å². The Morgan fingerprint density at radius 3 is 2.30 bits per heavy atom. The Bertz CT molecular complexity index is 610. The largest absolute Gasteiger partial charge is 0.444 e. The molecule has 2 aliphatic rings. The van der Waals surface area contributed by atoms with Gasteiger partial charge in [-0.1, -0.05) is 38.1 Å². The van der Waals surface area contributed by atoms with E-state index in [1.165, 1.54) is 6.07 Å². The number of carbonyl (C=O) groups is 1. The smallest absolute Gasteiger partial charge is 0.410 e. The first-order valence-corrected chi connectivity index (χ1v) is 8.23. The fourth-order valence-corrected chi connectivity index (χ4v) is 2.99. The van der Waals surface area contributed by atoms with E-state index in [-0.39, 0.29) is 17.3 Å². The highest BCUT2D eigenvalue weighted by molar-refractivity contribution is 5.76. The Morgan fingerprint density at radius 2 is 1.78 bits per heavy atom. The van der Waals surface area contributed by atoms with Gasteiger partial charge in [0.1, 0.15) is 11.4 Å². The first kappa shape index (κ1) is 17.5. The second kappa shape index (κ2) is 6.34. The van der Waals surface area contributed by atoms with Crippen molar-refractivity contribution in [1.82, 2.24) is 4.90 Å². The van der Waals surface area contributed by atoms with Crippen LogP contribution in [-0.4, -0.2) is 29.7 Å². The molecule has 0 atom stereocenters. The lowest BCUT2D eigenvalue weighted by Gasteiger charge is -2.53. The van der Waals surface area contributed by atoms with E-state index in [9.17, 15) is 9.18 Å². The third-order valence-corrected chi connectivity index (χ3v) is 3.91. The van der Waals surface area contributed by atoms with E-state index in [1.807, 2.05) is 40.7 Å². The van der Waals surface area contributed by atoms with Crippen molar-refractivity contribution < 1.29 is 13.9 Å². The lowest BCUT2D eigenvalue weighted by molar-refractivity contribution is -0.0208. The molecule has 0 saturated carbocycles. The fourth-order valence-electron chi connectivity index (χ4n) is 2.99. The lowest BCUT2D eigenvalue weighted by Crippen LogP contribution is -2.60. The number of benzene rings is 1. The van der Waals surface area contributed by atoms with Gasteiger partial charge < -0.3 is 9.64 Å². The molecule has 0 N–H and O–H groups in total. The zero-order valence-corrected chi connectivity index (χ0v) is 14.6. The van der Waals surface area contributed by atoms with Gasteiger partial charge in [0, 0.05) is 24.1 Å². The highest BCUT2D eigenvalue weighted by Gasteiger charge is 2.50. The summed E-state index contributed by atoms with van der Waals surface area (Å²) in [5.41, 5.74) is 1.29. The molecule has 1 saturated heterocycles. The molecule has 23 heavy (non-hydrogen) atoms. The van der Waals surface area contributed by atoms with Crippen LogP contribution in [0.2, 0.25) is 0 Å². The molecule has 1 aliphatic heterocycles. The van der Waals surface area contributed by atoms with Crippen molar-refractivity contribution in [2.75, 3.05) is 13.1 Å². The average molecular weight is 319 g/mol. The van der Waals surface area contributed by atoms with Crippen LogP contribution in [0.25, 0.3) is 5.57 Å². The summed E-state index contributed by atoms with van der Waals surface area (Å²) in [4.78, 5) is 13.6. The molecule has 1 aromatic carbocycles. The monoisotopic (exact) mass is 319 g/mol. The normalized spacial score (nSPS) is 18.2. The number of rotatable bonds is 1. The summed E-state index contributed by atoms with van der Waals surface area (Å²) >= 11 is 0. The van der Waals surface area contributed by atoms with E-state index in [2.05, 4.69) is 6.08 Å². The van der Waals surface area contributed by atoms with Crippen molar-refractivity contribution in [2.24, 2.45) is 5.41 Å². The van der Waals surface area contributed by atoms with Crippen molar-refractivity contribution in [3.63, 3.8) is 0 Å². The molecule has 1 fully saturated rings. The Hall–Kier alpha value is -1.84. The van der Waals surface area contributed by atoms with Gasteiger partial charge >= 0.3 is 6.09 Å². The van der Waals surface area contributed by atoms with Gasteiger partial charge in [0.05, 0.1) is 0 Å². The van der Waals surface area contributed by atoms with Crippen molar-refractivity contribution in [3.8, 4) is 0 Å². The van der Waals surface area contributed by atoms with Gasteiger partial charge in [0.15, 0.2) is 0 Å². The lowest BCUT2D eigenvalue weighted by atomic mass is 9.64. The molecule has 0 unspecified atom stereocenters. The second-order valence-electron chi connectivity index (χ2n) is 7.02. The highest BCUT2D eigenvalue weighted by atomic mass is 19.1. The van der Waals surface area contributed by atoms with E-state index in [0.717, 1.165) is 12.0 Å². The third-order valence-electron chi connectivity index (χ3n) is 3.91. The minimum Gasteiger partial charge on any atom is -0.444 e. The maximum Gasteiger partial charge on any atom is 0.410 e. The minimum atomic E-state index is -0.465.